The van der Waals surface area contributed by atoms with Gasteiger partial charge in [-0.05, 0) is 27.2 Å². The van der Waals surface area contributed by atoms with E-state index in [2.05, 4.69) is 17.3 Å². The average molecular weight is 227 g/mol. The molecule has 1 amide bonds. The number of alkyl carbamates (subject to hydrolysis) is 1. The first-order valence-corrected chi connectivity index (χ1v) is 5.00. The molecule has 0 rings (SSSR count). The van der Waals surface area contributed by atoms with E-state index in [1.165, 1.54) is 0 Å². The van der Waals surface area contributed by atoms with Gasteiger partial charge < -0.3 is 9.84 Å². The Morgan fingerprint density at radius 3 is 2.50 bits per heavy atom. The smallest absolute Gasteiger partial charge is 0.419 e. The maximum Gasteiger partial charge on any atom is 0.419 e. The monoisotopic (exact) mass is 227 g/mol. The van der Waals surface area contributed by atoms with Crippen LogP contribution in [-0.4, -0.2) is 22.8 Å². The van der Waals surface area contributed by atoms with Crippen molar-refractivity contribution in [3.8, 4) is 12.0 Å². The molecule has 0 fully saturated rings. The summed E-state index contributed by atoms with van der Waals surface area (Å²) in [7, 11) is 0. The van der Waals surface area contributed by atoms with E-state index in [1.807, 2.05) is 0 Å². The summed E-state index contributed by atoms with van der Waals surface area (Å²) >= 11 is 0. The molecule has 0 aromatic rings. The van der Waals surface area contributed by atoms with Crippen molar-refractivity contribution in [2.24, 2.45) is 0 Å². The Morgan fingerprint density at radius 2 is 2.00 bits per heavy atom. The fourth-order valence-electron chi connectivity index (χ4n) is 0.789. The quantitative estimate of drug-likeness (QED) is 0.437. The molecule has 5 nitrogen and oxygen atoms in total. The van der Waals surface area contributed by atoms with Gasteiger partial charge in [0, 0.05) is 18.9 Å². The third-order valence-corrected chi connectivity index (χ3v) is 1.34. The van der Waals surface area contributed by atoms with Gasteiger partial charge in [0.15, 0.2) is 0 Å². The molecule has 0 unspecified atom stereocenters. The molecule has 2 N–H and O–H groups in total. The lowest BCUT2D eigenvalue weighted by Gasteiger charge is -2.18. The van der Waals surface area contributed by atoms with Crippen molar-refractivity contribution in [2.75, 3.05) is 0 Å². The zero-order chi connectivity index (χ0) is 12.6. The Labute approximate surface area is 95.2 Å². The summed E-state index contributed by atoms with van der Waals surface area (Å²) in [6.07, 6.45) is 0.389. The van der Waals surface area contributed by atoms with E-state index in [1.54, 1.807) is 20.8 Å². The highest BCUT2D eigenvalue weighted by Gasteiger charge is 2.14. The van der Waals surface area contributed by atoms with Crippen LogP contribution in [0.4, 0.5) is 4.79 Å². The maximum absolute atomic E-state index is 11.1. The molecule has 0 aliphatic rings. The van der Waals surface area contributed by atoms with Gasteiger partial charge in [0.2, 0.25) is 0 Å². The van der Waals surface area contributed by atoms with Crippen LogP contribution in [0.1, 0.15) is 40.0 Å². The van der Waals surface area contributed by atoms with E-state index >= 15 is 0 Å². The zero-order valence-electron chi connectivity index (χ0n) is 9.79. The van der Waals surface area contributed by atoms with Crippen molar-refractivity contribution in [2.45, 2.75) is 45.6 Å². The number of carbonyl (C=O) groups excluding carboxylic acids is 1. The van der Waals surface area contributed by atoms with Crippen LogP contribution in [0.2, 0.25) is 0 Å². The van der Waals surface area contributed by atoms with E-state index in [0.717, 1.165) is 0 Å². The number of aliphatic carboxylic acids is 1. The molecule has 0 aliphatic heterocycles. The number of ether oxygens (including phenoxy) is 1. The van der Waals surface area contributed by atoms with Crippen LogP contribution >= 0.6 is 0 Å². The summed E-state index contributed by atoms with van der Waals surface area (Å²) in [6.45, 7) is 5.27. The van der Waals surface area contributed by atoms with Gasteiger partial charge in [-0.15, -0.1) is 0 Å². The van der Waals surface area contributed by atoms with Gasteiger partial charge in [0.1, 0.15) is 5.60 Å². The van der Waals surface area contributed by atoms with Gasteiger partial charge in [-0.2, -0.15) is 0 Å². The van der Waals surface area contributed by atoms with Crippen molar-refractivity contribution in [3.63, 3.8) is 0 Å². The van der Waals surface area contributed by atoms with Crippen LogP contribution in [-0.2, 0) is 9.53 Å². The second-order valence-corrected chi connectivity index (χ2v) is 4.18. The fraction of sp³-hybridized carbons (Fsp3) is 0.636. The number of rotatable bonds is 3. The van der Waals surface area contributed by atoms with Gasteiger partial charge >= 0.3 is 12.1 Å². The molecular formula is C11H17NO4. The third kappa shape index (κ3) is 10.4. The first-order chi connectivity index (χ1) is 7.31. The minimum atomic E-state index is -0.845. The van der Waals surface area contributed by atoms with E-state index < -0.39 is 17.7 Å². The summed E-state index contributed by atoms with van der Waals surface area (Å²) in [5.41, 5.74) is -0.547. The van der Waals surface area contributed by atoms with Gasteiger partial charge in [0.25, 0.3) is 0 Å². The number of amides is 1. The van der Waals surface area contributed by atoms with Crippen molar-refractivity contribution >= 4 is 12.1 Å². The summed E-state index contributed by atoms with van der Waals surface area (Å²) in [5, 5.41) is 10.6. The molecule has 0 aromatic heterocycles. The molecule has 0 bridgehead atoms. The topological polar surface area (TPSA) is 75.6 Å². The molecule has 90 valence electrons. The fourth-order valence-corrected chi connectivity index (χ4v) is 0.789. The SMILES string of the molecule is CC(C)(C)OC(=O)NC#CCCCC(=O)O. The Balaban J connectivity index is 3.68. The zero-order valence-corrected chi connectivity index (χ0v) is 9.79. The van der Waals surface area contributed by atoms with Crippen LogP contribution in [0.5, 0.6) is 0 Å². The molecule has 0 spiro atoms. The number of hydrogen-bond acceptors (Lipinski definition) is 3. The lowest BCUT2D eigenvalue weighted by Crippen LogP contribution is -2.29. The second-order valence-electron chi connectivity index (χ2n) is 4.18. The van der Waals surface area contributed by atoms with Gasteiger partial charge in [-0.1, -0.05) is 5.92 Å². The Morgan fingerprint density at radius 1 is 1.38 bits per heavy atom. The molecule has 5 heteroatoms. The molecule has 0 atom stereocenters. The molecule has 16 heavy (non-hydrogen) atoms. The summed E-state index contributed by atoms with van der Waals surface area (Å²) in [5.74, 6) is 1.79. The van der Waals surface area contributed by atoms with Crippen LogP contribution in [0.15, 0.2) is 0 Å². The normalized spacial score (nSPS) is 9.94. The standard InChI is InChI=1S/C11H17NO4/c1-11(2,3)16-10(15)12-8-6-4-5-7-9(13)14/h4-5,7H2,1-3H3,(H,12,15)(H,13,14). The summed E-state index contributed by atoms with van der Waals surface area (Å²) < 4.78 is 4.94. The Bertz CT molecular complexity index is 306. The van der Waals surface area contributed by atoms with Gasteiger partial charge in [-0.3, -0.25) is 4.79 Å². The van der Waals surface area contributed by atoms with E-state index in [-0.39, 0.29) is 6.42 Å². The summed E-state index contributed by atoms with van der Waals surface area (Å²) in [6, 6.07) is 2.41. The largest absolute Gasteiger partial charge is 0.481 e. The predicted octanol–water partition coefficient (Wildman–Crippen LogP) is 1.73. The van der Waals surface area contributed by atoms with Crippen LogP contribution in [0.3, 0.4) is 0 Å². The summed E-state index contributed by atoms with van der Waals surface area (Å²) in [4.78, 5) is 21.2. The number of carbonyl (C=O) groups is 2. The molecule has 0 saturated carbocycles. The Kier molecular flexibility index (Phi) is 6.01. The van der Waals surface area contributed by atoms with E-state index in [9.17, 15) is 9.59 Å². The average Bonchev–Trinajstić information content (AvgIpc) is 2.07. The van der Waals surface area contributed by atoms with Crippen LogP contribution in [0, 0.1) is 12.0 Å². The lowest BCUT2D eigenvalue weighted by molar-refractivity contribution is -0.137. The van der Waals surface area contributed by atoms with Crippen molar-refractivity contribution in [3.05, 3.63) is 0 Å². The number of carboxylic acids is 1. The first-order valence-electron chi connectivity index (χ1n) is 5.00. The lowest BCUT2D eigenvalue weighted by atomic mass is 10.2. The molecular weight excluding hydrogens is 210 g/mol. The first kappa shape index (κ1) is 14.3. The third-order valence-electron chi connectivity index (χ3n) is 1.34. The molecule has 0 heterocycles. The predicted molar refractivity (Wildman–Crippen MR) is 58.6 cm³/mol. The molecule has 0 aromatic carbocycles. The second kappa shape index (κ2) is 6.72. The van der Waals surface area contributed by atoms with Crippen molar-refractivity contribution < 1.29 is 19.4 Å². The highest BCUT2D eigenvalue weighted by atomic mass is 16.6. The molecule has 0 saturated heterocycles. The maximum atomic E-state index is 11.1. The highest BCUT2D eigenvalue weighted by Crippen LogP contribution is 2.05. The number of nitrogens with one attached hydrogen (secondary N) is 1. The molecule has 0 aliphatic carbocycles. The minimum Gasteiger partial charge on any atom is -0.481 e. The van der Waals surface area contributed by atoms with Crippen LogP contribution in [0.25, 0.3) is 0 Å². The highest BCUT2D eigenvalue weighted by molar-refractivity contribution is 5.69. The van der Waals surface area contributed by atoms with Crippen LogP contribution < -0.4 is 5.32 Å². The van der Waals surface area contributed by atoms with E-state index in [4.69, 9.17) is 9.84 Å². The van der Waals surface area contributed by atoms with Crippen molar-refractivity contribution in [1.82, 2.24) is 5.32 Å². The number of hydrogen-bond donors (Lipinski definition) is 2. The number of unbranched alkanes of at least 4 members (excludes halogenated alkanes) is 1. The van der Waals surface area contributed by atoms with Crippen molar-refractivity contribution in [1.29, 1.82) is 0 Å². The minimum absolute atomic E-state index is 0.0844. The van der Waals surface area contributed by atoms with E-state index in [0.29, 0.717) is 12.8 Å². The van der Waals surface area contributed by atoms with Gasteiger partial charge in [-0.25, -0.2) is 10.1 Å². The number of carboxylic acid groups (broad SMARTS) is 1. The molecule has 0 radical (unpaired) electrons. The van der Waals surface area contributed by atoms with Gasteiger partial charge in [0.05, 0.1) is 0 Å². The Hall–Kier alpha value is -1.70.